The van der Waals surface area contributed by atoms with E-state index in [1.54, 1.807) is 13.0 Å². The van der Waals surface area contributed by atoms with Gasteiger partial charge in [-0.1, -0.05) is 6.07 Å². The highest BCUT2D eigenvalue weighted by Crippen LogP contribution is 2.23. The van der Waals surface area contributed by atoms with Crippen LogP contribution < -0.4 is 5.43 Å². The number of pyridine rings is 1. The minimum atomic E-state index is -1.11. The molecule has 0 spiro atoms. The second-order valence-corrected chi connectivity index (χ2v) is 5.17. The molecule has 0 unspecified atom stereocenters. The summed E-state index contributed by atoms with van der Waals surface area (Å²) in [5.41, 5.74) is 2.54. The number of hydrogen-bond donors (Lipinski definition) is 1. The van der Waals surface area contributed by atoms with Gasteiger partial charge < -0.3 is 9.52 Å². The number of nitrogens with zero attached hydrogens (tertiary/aromatic N) is 1. The number of hydrogen-bond acceptors (Lipinski definition) is 4. The molecule has 3 aromatic rings. The Balaban J connectivity index is 2.54. The lowest BCUT2D eigenvalue weighted by molar-refractivity contribution is 0.0696. The summed E-state index contributed by atoms with van der Waals surface area (Å²) in [6, 6.07) is 5.01. The molecule has 0 fully saturated rings. The summed E-state index contributed by atoms with van der Waals surface area (Å²) in [5.74, 6) is -1.11. The highest BCUT2D eigenvalue weighted by molar-refractivity contribution is 5.96. The smallest absolute Gasteiger partial charge is 0.337 e. The van der Waals surface area contributed by atoms with Crippen LogP contribution in [0.3, 0.4) is 0 Å². The molecule has 0 aliphatic carbocycles. The molecule has 5 heteroatoms. The average Bonchev–Trinajstić information content (AvgIpc) is 2.39. The van der Waals surface area contributed by atoms with E-state index < -0.39 is 5.97 Å². The van der Waals surface area contributed by atoms with E-state index in [0.29, 0.717) is 16.7 Å². The molecular weight excluding hydrogens is 270 g/mol. The Morgan fingerprint density at radius 1 is 1.14 bits per heavy atom. The predicted octanol–water partition coefficient (Wildman–Crippen LogP) is 2.96. The van der Waals surface area contributed by atoms with Crippen molar-refractivity contribution in [2.24, 2.45) is 0 Å². The third-order valence-electron chi connectivity index (χ3n) is 3.52. The zero-order valence-corrected chi connectivity index (χ0v) is 11.9. The lowest BCUT2D eigenvalue weighted by Gasteiger charge is -2.07. The maximum atomic E-state index is 12.6. The van der Waals surface area contributed by atoms with Crippen LogP contribution >= 0.6 is 0 Å². The van der Waals surface area contributed by atoms with Crippen LogP contribution in [0.15, 0.2) is 27.4 Å². The second-order valence-electron chi connectivity index (χ2n) is 5.17. The molecule has 0 aliphatic heterocycles. The average molecular weight is 283 g/mol. The highest BCUT2D eigenvalue weighted by atomic mass is 16.4. The molecule has 3 rings (SSSR count). The van der Waals surface area contributed by atoms with Crippen molar-refractivity contribution in [2.45, 2.75) is 20.8 Å². The van der Waals surface area contributed by atoms with Crippen LogP contribution in [0.5, 0.6) is 0 Å². The van der Waals surface area contributed by atoms with E-state index in [1.165, 1.54) is 6.07 Å². The Bertz CT molecular complexity index is 970. The molecule has 0 saturated carbocycles. The van der Waals surface area contributed by atoms with E-state index >= 15 is 0 Å². The summed E-state index contributed by atoms with van der Waals surface area (Å²) in [6.45, 7) is 5.34. The SMILES string of the molecule is Cc1cc(C)c2oc3nc(C)c(C(=O)O)cc3c(=O)c2c1. The largest absolute Gasteiger partial charge is 0.478 e. The topological polar surface area (TPSA) is 80.4 Å². The number of carbonyl (C=O) groups is 1. The van der Waals surface area contributed by atoms with Crippen LogP contribution in [0.1, 0.15) is 27.2 Å². The molecule has 2 heterocycles. The van der Waals surface area contributed by atoms with Gasteiger partial charge in [0.25, 0.3) is 0 Å². The van der Waals surface area contributed by atoms with Crippen LogP contribution in [0.2, 0.25) is 0 Å². The molecule has 1 aromatic carbocycles. The fourth-order valence-corrected chi connectivity index (χ4v) is 2.54. The van der Waals surface area contributed by atoms with E-state index in [9.17, 15) is 9.59 Å². The molecule has 0 saturated heterocycles. The van der Waals surface area contributed by atoms with E-state index in [2.05, 4.69) is 4.98 Å². The van der Waals surface area contributed by atoms with Crippen molar-refractivity contribution in [3.63, 3.8) is 0 Å². The Morgan fingerprint density at radius 2 is 1.86 bits per heavy atom. The van der Waals surface area contributed by atoms with Gasteiger partial charge in [-0.3, -0.25) is 4.79 Å². The maximum Gasteiger partial charge on any atom is 0.337 e. The maximum absolute atomic E-state index is 12.6. The van der Waals surface area contributed by atoms with Crippen molar-refractivity contribution >= 4 is 28.0 Å². The quantitative estimate of drug-likeness (QED) is 0.694. The molecule has 0 aliphatic rings. The van der Waals surface area contributed by atoms with E-state index in [0.717, 1.165) is 11.1 Å². The molecule has 0 radical (unpaired) electrons. The zero-order valence-electron chi connectivity index (χ0n) is 11.9. The van der Waals surface area contributed by atoms with Gasteiger partial charge in [0.15, 0.2) is 0 Å². The van der Waals surface area contributed by atoms with Gasteiger partial charge in [0.05, 0.1) is 22.0 Å². The molecule has 5 nitrogen and oxygen atoms in total. The number of carboxylic acid groups (broad SMARTS) is 1. The van der Waals surface area contributed by atoms with Gasteiger partial charge in [0, 0.05) is 0 Å². The first-order valence-electron chi connectivity index (χ1n) is 6.47. The first-order valence-corrected chi connectivity index (χ1v) is 6.47. The number of aryl methyl sites for hydroxylation is 3. The Morgan fingerprint density at radius 3 is 2.52 bits per heavy atom. The number of aromatic nitrogens is 1. The molecule has 106 valence electrons. The fraction of sp³-hybridized carbons (Fsp3) is 0.188. The molecule has 0 bridgehead atoms. The summed E-state index contributed by atoms with van der Waals surface area (Å²) in [4.78, 5) is 27.9. The fourth-order valence-electron chi connectivity index (χ4n) is 2.54. The van der Waals surface area contributed by atoms with Gasteiger partial charge in [-0.25, -0.2) is 9.78 Å². The lowest BCUT2D eigenvalue weighted by Crippen LogP contribution is -2.08. The monoisotopic (exact) mass is 283 g/mol. The summed E-state index contributed by atoms with van der Waals surface area (Å²) in [7, 11) is 0. The minimum absolute atomic E-state index is 0.0125. The van der Waals surface area contributed by atoms with Crippen LogP contribution in [-0.4, -0.2) is 16.1 Å². The predicted molar refractivity (Wildman–Crippen MR) is 79.0 cm³/mol. The molecular formula is C16H13NO4. The van der Waals surface area contributed by atoms with Crippen LogP contribution in [-0.2, 0) is 0 Å². The van der Waals surface area contributed by atoms with E-state index in [4.69, 9.17) is 9.52 Å². The number of rotatable bonds is 1. The normalized spacial score (nSPS) is 11.2. The van der Waals surface area contributed by atoms with Gasteiger partial charge in [-0.2, -0.15) is 0 Å². The van der Waals surface area contributed by atoms with Crippen LogP contribution in [0, 0.1) is 20.8 Å². The van der Waals surface area contributed by atoms with Gasteiger partial charge in [-0.15, -0.1) is 0 Å². The van der Waals surface area contributed by atoms with Crippen LogP contribution in [0.25, 0.3) is 22.1 Å². The lowest BCUT2D eigenvalue weighted by atomic mass is 10.1. The third-order valence-corrected chi connectivity index (χ3v) is 3.52. The Labute approximate surface area is 119 Å². The van der Waals surface area contributed by atoms with Crippen molar-refractivity contribution in [2.75, 3.05) is 0 Å². The van der Waals surface area contributed by atoms with Gasteiger partial charge >= 0.3 is 5.97 Å². The minimum Gasteiger partial charge on any atom is -0.478 e. The third kappa shape index (κ3) is 1.98. The van der Waals surface area contributed by atoms with E-state index in [1.807, 2.05) is 19.9 Å². The van der Waals surface area contributed by atoms with Crippen molar-refractivity contribution in [3.8, 4) is 0 Å². The molecule has 1 N–H and O–H groups in total. The van der Waals surface area contributed by atoms with Crippen molar-refractivity contribution in [1.29, 1.82) is 0 Å². The first kappa shape index (κ1) is 13.3. The number of carboxylic acids is 1. The summed E-state index contributed by atoms with van der Waals surface area (Å²) in [6.07, 6.45) is 0. The Kier molecular flexibility index (Phi) is 2.79. The zero-order chi connectivity index (χ0) is 15.3. The molecule has 2 aromatic heterocycles. The number of fused-ring (bicyclic) bond motifs is 2. The second kappa shape index (κ2) is 4.41. The van der Waals surface area contributed by atoms with Gasteiger partial charge in [0.2, 0.25) is 11.1 Å². The van der Waals surface area contributed by atoms with Gasteiger partial charge in [-0.05, 0) is 44.0 Å². The van der Waals surface area contributed by atoms with Crippen LogP contribution in [0.4, 0.5) is 0 Å². The summed E-state index contributed by atoms with van der Waals surface area (Å²) in [5, 5.41) is 9.78. The number of benzene rings is 1. The van der Waals surface area contributed by atoms with E-state index in [-0.39, 0.29) is 22.1 Å². The molecule has 0 atom stereocenters. The van der Waals surface area contributed by atoms with Crippen molar-refractivity contribution in [1.82, 2.24) is 4.98 Å². The number of aromatic carboxylic acids is 1. The Hall–Kier alpha value is -2.69. The highest BCUT2D eigenvalue weighted by Gasteiger charge is 2.16. The van der Waals surface area contributed by atoms with Gasteiger partial charge in [0.1, 0.15) is 5.58 Å². The summed E-state index contributed by atoms with van der Waals surface area (Å²) < 4.78 is 5.72. The first-order chi connectivity index (χ1) is 9.88. The molecule has 21 heavy (non-hydrogen) atoms. The standard InChI is InChI=1S/C16H13NO4/c1-7-4-8(2)14-11(5-7)13(18)12-6-10(16(19)20)9(3)17-15(12)21-14/h4-6H,1-3H3,(H,19,20). The van der Waals surface area contributed by atoms with Crippen molar-refractivity contribution in [3.05, 3.63) is 50.8 Å². The van der Waals surface area contributed by atoms with Crippen molar-refractivity contribution < 1.29 is 14.3 Å². The molecule has 0 amide bonds. The summed E-state index contributed by atoms with van der Waals surface area (Å²) >= 11 is 0.